The van der Waals surface area contributed by atoms with Gasteiger partial charge in [-0.2, -0.15) is 0 Å². The highest BCUT2D eigenvalue weighted by molar-refractivity contribution is 7.80. The second-order valence-corrected chi connectivity index (χ2v) is 5.27. The zero-order chi connectivity index (χ0) is 14.2. The number of aromatic nitrogens is 1. The van der Waals surface area contributed by atoms with E-state index in [-0.39, 0.29) is 0 Å². The third-order valence-corrected chi connectivity index (χ3v) is 3.66. The van der Waals surface area contributed by atoms with Gasteiger partial charge in [-0.3, -0.25) is 4.90 Å². The van der Waals surface area contributed by atoms with Gasteiger partial charge in [0.05, 0.1) is 5.69 Å². The first kappa shape index (κ1) is 12.3. The average molecular weight is 292 g/mol. The van der Waals surface area contributed by atoms with Gasteiger partial charge in [-0.15, -0.1) is 12.6 Å². The molecule has 4 rings (SSSR count). The molecule has 0 aliphatic carbocycles. The van der Waals surface area contributed by atoms with E-state index in [2.05, 4.69) is 34.6 Å². The molecular weight excluding hydrogens is 280 g/mol. The van der Waals surface area contributed by atoms with Crippen molar-refractivity contribution >= 4 is 29.8 Å². The van der Waals surface area contributed by atoms with Crippen molar-refractivity contribution in [2.24, 2.45) is 0 Å². The molecule has 0 saturated carbocycles. The lowest BCUT2D eigenvalue weighted by Crippen LogP contribution is -2.16. The third-order valence-electron chi connectivity index (χ3n) is 3.38. The zero-order valence-electron chi connectivity index (χ0n) is 11.1. The first-order chi connectivity index (χ1) is 10.3. The number of anilines is 3. The number of benzene rings is 2. The number of rotatable bonds is 1. The molecule has 0 saturated heterocycles. The Morgan fingerprint density at radius 3 is 2.62 bits per heavy atom. The minimum Gasteiger partial charge on any atom is -0.451 e. The Balaban J connectivity index is 1.97. The van der Waals surface area contributed by atoms with Crippen molar-refractivity contribution in [3.8, 4) is 11.5 Å². The van der Waals surface area contributed by atoms with Gasteiger partial charge in [-0.1, -0.05) is 18.2 Å². The van der Waals surface area contributed by atoms with Crippen molar-refractivity contribution in [3.63, 3.8) is 0 Å². The lowest BCUT2D eigenvalue weighted by atomic mass is 10.2. The van der Waals surface area contributed by atoms with Crippen LogP contribution in [0.2, 0.25) is 0 Å². The van der Waals surface area contributed by atoms with Crippen molar-refractivity contribution < 1.29 is 4.74 Å². The lowest BCUT2D eigenvalue weighted by molar-refractivity contribution is 0.473. The zero-order valence-corrected chi connectivity index (χ0v) is 12.0. The van der Waals surface area contributed by atoms with Crippen molar-refractivity contribution in [3.05, 3.63) is 66.9 Å². The van der Waals surface area contributed by atoms with Crippen LogP contribution in [0.25, 0.3) is 0 Å². The van der Waals surface area contributed by atoms with Crippen LogP contribution in [0.1, 0.15) is 0 Å². The molecule has 102 valence electrons. The highest BCUT2D eigenvalue weighted by Gasteiger charge is 2.26. The molecule has 0 amide bonds. The maximum atomic E-state index is 5.96. The topological polar surface area (TPSA) is 25.4 Å². The largest absolute Gasteiger partial charge is 0.451 e. The van der Waals surface area contributed by atoms with Gasteiger partial charge in [-0.05, 0) is 42.5 Å². The summed E-state index contributed by atoms with van der Waals surface area (Å²) in [6.07, 6.45) is 1.77. The highest BCUT2D eigenvalue weighted by Crippen LogP contribution is 2.49. The molecule has 2 aromatic carbocycles. The molecule has 1 aliphatic rings. The molecule has 4 heteroatoms. The number of hydrogen-bond acceptors (Lipinski definition) is 4. The minimum atomic E-state index is 0.743. The summed E-state index contributed by atoms with van der Waals surface area (Å²) in [4.78, 5) is 7.45. The van der Waals surface area contributed by atoms with E-state index in [1.807, 2.05) is 48.5 Å². The van der Waals surface area contributed by atoms with E-state index in [4.69, 9.17) is 4.74 Å². The second-order valence-electron chi connectivity index (χ2n) is 4.75. The summed E-state index contributed by atoms with van der Waals surface area (Å²) in [5.41, 5.74) is 2.01. The van der Waals surface area contributed by atoms with Crippen LogP contribution < -0.4 is 9.64 Å². The molecule has 2 heterocycles. The van der Waals surface area contributed by atoms with Gasteiger partial charge in [0.25, 0.3) is 0 Å². The third kappa shape index (κ3) is 2.04. The molecule has 3 nitrogen and oxygen atoms in total. The highest BCUT2D eigenvalue weighted by atomic mass is 32.1. The molecule has 0 unspecified atom stereocenters. The first-order valence-electron chi connectivity index (χ1n) is 6.64. The summed E-state index contributed by atoms with van der Waals surface area (Å²) in [5.74, 6) is 2.32. The van der Waals surface area contributed by atoms with Crippen LogP contribution in [0.5, 0.6) is 11.5 Å². The van der Waals surface area contributed by atoms with Gasteiger partial charge in [0.2, 0.25) is 0 Å². The fourth-order valence-electron chi connectivity index (χ4n) is 2.47. The Hall–Kier alpha value is -2.46. The minimum absolute atomic E-state index is 0.743. The molecule has 0 bridgehead atoms. The molecule has 0 atom stereocenters. The van der Waals surface area contributed by atoms with Gasteiger partial charge in [0.1, 0.15) is 0 Å². The number of hydrogen-bond donors (Lipinski definition) is 1. The van der Waals surface area contributed by atoms with Crippen LogP contribution in [-0.4, -0.2) is 4.98 Å². The SMILES string of the molecule is Sc1ccc2c(c1)Oc1cccnc1N2c1ccccc1. The molecule has 0 fully saturated rings. The maximum Gasteiger partial charge on any atom is 0.181 e. The van der Waals surface area contributed by atoms with Gasteiger partial charge in [0.15, 0.2) is 17.3 Å². The Bertz CT molecular complexity index is 805. The van der Waals surface area contributed by atoms with Crippen LogP contribution in [-0.2, 0) is 0 Å². The van der Waals surface area contributed by atoms with E-state index < -0.39 is 0 Å². The molecule has 0 spiro atoms. The normalized spacial score (nSPS) is 12.3. The van der Waals surface area contributed by atoms with Gasteiger partial charge in [0, 0.05) is 16.8 Å². The number of thiol groups is 1. The van der Waals surface area contributed by atoms with Crippen molar-refractivity contribution in [2.75, 3.05) is 4.90 Å². The summed E-state index contributed by atoms with van der Waals surface area (Å²) in [7, 11) is 0. The molecule has 1 aromatic heterocycles. The summed E-state index contributed by atoms with van der Waals surface area (Å²) < 4.78 is 5.96. The monoisotopic (exact) mass is 292 g/mol. The Morgan fingerprint density at radius 1 is 0.905 bits per heavy atom. The molecular formula is C17H12N2OS. The van der Waals surface area contributed by atoms with Crippen LogP contribution in [0.4, 0.5) is 17.2 Å². The van der Waals surface area contributed by atoms with E-state index in [1.165, 1.54) is 0 Å². The average Bonchev–Trinajstić information content (AvgIpc) is 2.53. The number of fused-ring (bicyclic) bond motifs is 2. The van der Waals surface area contributed by atoms with Gasteiger partial charge in [-0.25, -0.2) is 4.98 Å². The number of pyridine rings is 1. The summed E-state index contributed by atoms with van der Waals surface area (Å²) in [5, 5.41) is 0. The molecule has 21 heavy (non-hydrogen) atoms. The predicted molar refractivity (Wildman–Crippen MR) is 86.2 cm³/mol. The van der Waals surface area contributed by atoms with E-state index >= 15 is 0 Å². The fraction of sp³-hybridized carbons (Fsp3) is 0. The predicted octanol–water partition coefficient (Wildman–Crippen LogP) is 4.95. The summed E-state index contributed by atoms with van der Waals surface area (Å²) in [6, 6.07) is 19.8. The second kappa shape index (κ2) is 4.82. The van der Waals surface area contributed by atoms with E-state index in [0.29, 0.717) is 0 Å². The molecule has 0 N–H and O–H groups in total. The lowest BCUT2D eigenvalue weighted by Gasteiger charge is -2.31. The van der Waals surface area contributed by atoms with E-state index in [1.54, 1.807) is 6.20 Å². The Labute approximate surface area is 128 Å². The summed E-state index contributed by atoms with van der Waals surface area (Å²) in [6.45, 7) is 0. The Morgan fingerprint density at radius 2 is 1.76 bits per heavy atom. The van der Waals surface area contributed by atoms with Crippen LogP contribution in [0, 0.1) is 0 Å². The Kier molecular flexibility index (Phi) is 2.82. The van der Waals surface area contributed by atoms with Crippen LogP contribution >= 0.6 is 12.6 Å². The fourth-order valence-corrected chi connectivity index (χ4v) is 2.66. The number of ether oxygens (including phenoxy) is 1. The standard InChI is InChI=1S/C17H12N2OS/c21-13-8-9-14-16(11-13)20-15-7-4-10-18-17(15)19(14)12-5-2-1-3-6-12/h1-11,21H. The number of nitrogens with zero attached hydrogens (tertiary/aromatic N) is 2. The van der Waals surface area contributed by atoms with Crippen molar-refractivity contribution in [1.29, 1.82) is 0 Å². The smallest absolute Gasteiger partial charge is 0.181 e. The number of para-hydroxylation sites is 1. The van der Waals surface area contributed by atoms with Crippen molar-refractivity contribution in [2.45, 2.75) is 4.90 Å². The van der Waals surface area contributed by atoms with Gasteiger partial charge < -0.3 is 4.74 Å². The molecule has 3 aromatic rings. The molecule has 0 radical (unpaired) electrons. The maximum absolute atomic E-state index is 5.96. The van der Waals surface area contributed by atoms with Crippen molar-refractivity contribution in [1.82, 2.24) is 4.98 Å². The van der Waals surface area contributed by atoms with Gasteiger partial charge >= 0.3 is 0 Å². The van der Waals surface area contributed by atoms with Crippen LogP contribution in [0.3, 0.4) is 0 Å². The summed E-state index contributed by atoms with van der Waals surface area (Å²) >= 11 is 4.39. The van der Waals surface area contributed by atoms with E-state index in [0.717, 1.165) is 33.6 Å². The molecule has 1 aliphatic heterocycles. The first-order valence-corrected chi connectivity index (χ1v) is 7.09. The quantitative estimate of drug-likeness (QED) is 0.503. The van der Waals surface area contributed by atoms with E-state index in [9.17, 15) is 0 Å². The van der Waals surface area contributed by atoms with Crippen LogP contribution in [0.15, 0.2) is 71.8 Å².